The van der Waals surface area contributed by atoms with E-state index in [9.17, 15) is 15.0 Å². The van der Waals surface area contributed by atoms with Crippen LogP contribution in [0.15, 0.2) is 18.2 Å². The molecule has 18 heavy (non-hydrogen) atoms. The molecular formula is C14H21NO3. The number of benzene rings is 1. The first-order valence-corrected chi connectivity index (χ1v) is 6.38. The minimum atomic E-state index is -0.436. The minimum absolute atomic E-state index is 0.0306. The van der Waals surface area contributed by atoms with Crippen LogP contribution in [0.1, 0.15) is 49.9 Å². The van der Waals surface area contributed by atoms with Gasteiger partial charge in [-0.2, -0.15) is 0 Å². The molecule has 0 aliphatic rings. The van der Waals surface area contributed by atoms with E-state index in [1.54, 1.807) is 0 Å². The van der Waals surface area contributed by atoms with Crippen molar-refractivity contribution < 1.29 is 15.0 Å². The molecule has 1 rings (SSSR count). The highest BCUT2D eigenvalue weighted by molar-refractivity contribution is 5.99. The Bertz CT molecular complexity index is 384. The SMILES string of the molecule is CCCCCC(C)NC(=O)c1c(O)cccc1O. The predicted molar refractivity (Wildman–Crippen MR) is 70.8 cm³/mol. The Morgan fingerprint density at radius 2 is 1.89 bits per heavy atom. The van der Waals surface area contributed by atoms with E-state index in [-0.39, 0.29) is 23.1 Å². The van der Waals surface area contributed by atoms with Crippen LogP contribution < -0.4 is 5.32 Å². The molecule has 0 saturated heterocycles. The molecule has 4 heteroatoms. The number of unbranched alkanes of at least 4 members (excludes halogenated alkanes) is 2. The molecule has 1 aromatic carbocycles. The van der Waals surface area contributed by atoms with Crippen molar-refractivity contribution in [2.45, 2.75) is 45.6 Å². The lowest BCUT2D eigenvalue weighted by atomic mass is 10.1. The van der Waals surface area contributed by atoms with Gasteiger partial charge in [-0.3, -0.25) is 4.79 Å². The average molecular weight is 251 g/mol. The summed E-state index contributed by atoms with van der Waals surface area (Å²) in [4.78, 5) is 11.9. The predicted octanol–water partition coefficient (Wildman–Crippen LogP) is 2.80. The summed E-state index contributed by atoms with van der Waals surface area (Å²) in [5, 5.41) is 21.9. The van der Waals surface area contributed by atoms with Crippen molar-refractivity contribution in [2.24, 2.45) is 0 Å². The monoisotopic (exact) mass is 251 g/mol. The molecule has 0 spiro atoms. The normalized spacial score (nSPS) is 12.1. The first kappa shape index (κ1) is 14.4. The molecule has 4 nitrogen and oxygen atoms in total. The van der Waals surface area contributed by atoms with Crippen molar-refractivity contribution in [3.05, 3.63) is 23.8 Å². The van der Waals surface area contributed by atoms with Gasteiger partial charge in [0.1, 0.15) is 17.1 Å². The van der Waals surface area contributed by atoms with Gasteiger partial charge in [0.15, 0.2) is 0 Å². The second-order valence-electron chi connectivity index (χ2n) is 4.54. The first-order chi connectivity index (χ1) is 8.56. The lowest BCUT2D eigenvalue weighted by Gasteiger charge is -2.14. The van der Waals surface area contributed by atoms with Gasteiger partial charge in [0.05, 0.1) is 0 Å². The van der Waals surface area contributed by atoms with Crippen molar-refractivity contribution >= 4 is 5.91 Å². The summed E-state index contributed by atoms with van der Waals surface area (Å²) < 4.78 is 0. The van der Waals surface area contributed by atoms with Crippen LogP contribution >= 0.6 is 0 Å². The van der Waals surface area contributed by atoms with Crippen molar-refractivity contribution in [2.75, 3.05) is 0 Å². The van der Waals surface area contributed by atoms with Gasteiger partial charge < -0.3 is 15.5 Å². The second-order valence-corrected chi connectivity index (χ2v) is 4.54. The van der Waals surface area contributed by atoms with Crippen LogP contribution in [0.4, 0.5) is 0 Å². The van der Waals surface area contributed by atoms with E-state index in [2.05, 4.69) is 12.2 Å². The van der Waals surface area contributed by atoms with Gasteiger partial charge in [-0.05, 0) is 25.5 Å². The molecular weight excluding hydrogens is 230 g/mol. The average Bonchev–Trinajstić information content (AvgIpc) is 2.29. The highest BCUT2D eigenvalue weighted by atomic mass is 16.3. The molecule has 0 bridgehead atoms. The number of hydrogen-bond donors (Lipinski definition) is 3. The zero-order chi connectivity index (χ0) is 13.5. The van der Waals surface area contributed by atoms with Crippen molar-refractivity contribution in [3.63, 3.8) is 0 Å². The topological polar surface area (TPSA) is 69.6 Å². The minimum Gasteiger partial charge on any atom is -0.507 e. The molecule has 0 aromatic heterocycles. The third kappa shape index (κ3) is 3.95. The van der Waals surface area contributed by atoms with Crippen LogP contribution in [0.3, 0.4) is 0 Å². The Labute approximate surface area is 108 Å². The number of aromatic hydroxyl groups is 2. The maximum Gasteiger partial charge on any atom is 0.259 e. The summed E-state index contributed by atoms with van der Waals surface area (Å²) >= 11 is 0. The highest BCUT2D eigenvalue weighted by Crippen LogP contribution is 2.26. The van der Waals surface area contributed by atoms with Gasteiger partial charge in [0.25, 0.3) is 5.91 Å². The fourth-order valence-electron chi connectivity index (χ4n) is 1.83. The quantitative estimate of drug-likeness (QED) is 0.681. The number of carbonyl (C=O) groups is 1. The number of amides is 1. The summed E-state index contributed by atoms with van der Waals surface area (Å²) in [6, 6.07) is 4.29. The van der Waals surface area contributed by atoms with E-state index < -0.39 is 5.91 Å². The van der Waals surface area contributed by atoms with Gasteiger partial charge in [0.2, 0.25) is 0 Å². The molecule has 1 aromatic rings. The fraction of sp³-hybridized carbons (Fsp3) is 0.500. The first-order valence-electron chi connectivity index (χ1n) is 6.38. The molecule has 0 heterocycles. The van der Waals surface area contributed by atoms with Gasteiger partial charge in [-0.15, -0.1) is 0 Å². The van der Waals surface area contributed by atoms with Gasteiger partial charge >= 0.3 is 0 Å². The number of hydrogen-bond acceptors (Lipinski definition) is 3. The molecule has 1 atom stereocenters. The standard InChI is InChI=1S/C14H21NO3/c1-3-4-5-7-10(2)15-14(18)13-11(16)8-6-9-12(13)17/h6,8-10,16-17H,3-5,7H2,1-2H3,(H,15,18). The molecule has 0 saturated carbocycles. The van der Waals surface area contributed by atoms with Gasteiger partial charge in [0, 0.05) is 6.04 Å². The maximum atomic E-state index is 11.9. The van der Waals surface area contributed by atoms with Crippen LogP contribution in [0.5, 0.6) is 11.5 Å². The molecule has 0 aliphatic carbocycles. The third-order valence-corrected chi connectivity index (χ3v) is 2.87. The zero-order valence-electron chi connectivity index (χ0n) is 10.9. The molecule has 1 amide bonds. The Kier molecular flexibility index (Phi) is 5.49. The number of nitrogens with one attached hydrogen (secondary N) is 1. The van der Waals surface area contributed by atoms with Crippen LogP contribution in [0.25, 0.3) is 0 Å². The summed E-state index contributed by atoms with van der Waals surface area (Å²) in [5.41, 5.74) is -0.0557. The summed E-state index contributed by atoms with van der Waals surface area (Å²) in [6.07, 6.45) is 4.24. The van der Waals surface area contributed by atoms with Gasteiger partial charge in [-0.25, -0.2) is 0 Å². The molecule has 0 aliphatic heterocycles. The Balaban J connectivity index is 2.60. The Morgan fingerprint density at radius 3 is 2.44 bits per heavy atom. The third-order valence-electron chi connectivity index (χ3n) is 2.87. The van der Waals surface area contributed by atoms with Gasteiger partial charge in [-0.1, -0.05) is 32.3 Å². The van der Waals surface area contributed by atoms with Crippen LogP contribution in [-0.4, -0.2) is 22.2 Å². The number of phenols is 2. The molecule has 3 N–H and O–H groups in total. The number of rotatable bonds is 6. The Hall–Kier alpha value is -1.71. The van der Waals surface area contributed by atoms with Crippen molar-refractivity contribution in [3.8, 4) is 11.5 Å². The fourth-order valence-corrected chi connectivity index (χ4v) is 1.83. The van der Waals surface area contributed by atoms with Crippen LogP contribution in [-0.2, 0) is 0 Å². The summed E-state index contributed by atoms with van der Waals surface area (Å²) in [7, 11) is 0. The van der Waals surface area contributed by atoms with Crippen LogP contribution in [0, 0.1) is 0 Å². The lowest BCUT2D eigenvalue weighted by Crippen LogP contribution is -2.32. The maximum absolute atomic E-state index is 11.9. The zero-order valence-corrected chi connectivity index (χ0v) is 10.9. The second kappa shape index (κ2) is 6.89. The highest BCUT2D eigenvalue weighted by Gasteiger charge is 2.17. The molecule has 0 fully saturated rings. The lowest BCUT2D eigenvalue weighted by molar-refractivity contribution is 0.0932. The number of phenolic OH excluding ortho intramolecular Hbond substituents is 2. The van der Waals surface area contributed by atoms with Crippen molar-refractivity contribution in [1.82, 2.24) is 5.32 Å². The van der Waals surface area contributed by atoms with E-state index in [0.29, 0.717) is 0 Å². The number of carbonyl (C=O) groups excluding carboxylic acids is 1. The smallest absolute Gasteiger partial charge is 0.259 e. The molecule has 1 unspecified atom stereocenters. The van der Waals surface area contributed by atoms with E-state index in [4.69, 9.17) is 0 Å². The summed E-state index contributed by atoms with van der Waals surface area (Å²) in [6.45, 7) is 4.05. The van der Waals surface area contributed by atoms with Crippen LogP contribution in [0.2, 0.25) is 0 Å². The molecule has 0 radical (unpaired) electrons. The van der Waals surface area contributed by atoms with E-state index in [1.165, 1.54) is 18.2 Å². The summed E-state index contributed by atoms with van der Waals surface area (Å²) in [5.74, 6) is -0.837. The van der Waals surface area contributed by atoms with E-state index in [1.807, 2.05) is 6.92 Å². The van der Waals surface area contributed by atoms with Crippen molar-refractivity contribution in [1.29, 1.82) is 0 Å². The molecule has 100 valence electrons. The largest absolute Gasteiger partial charge is 0.507 e. The van der Waals surface area contributed by atoms with E-state index >= 15 is 0 Å². The van der Waals surface area contributed by atoms with E-state index in [0.717, 1.165) is 25.7 Å². The Morgan fingerprint density at radius 1 is 1.28 bits per heavy atom.